The summed E-state index contributed by atoms with van der Waals surface area (Å²) in [5.74, 6) is 0. The molecule has 0 saturated carbocycles. The average Bonchev–Trinajstić information content (AvgIpc) is 2.67. The molecule has 0 bridgehead atoms. The highest BCUT2D eigenvalue weighted by Crippen LogP contribution is 2.23. The number of hydrogen-bond acceptors (Lipinski definition) is 6. The molecule has 3 N–H and O–H groups in total. The maximum Gasteiger partial charge on any atom is 0.292 e. The second-order valence-corrected chi connectivity index (χ2v) is 5.29. The zero-order chi connectivity index (χ0) is 22.4. The Labute approximate surface area is 167 Å². The summed E-state index contributed by atoms with van der Waals surface area (Å²) in [6.07, 6.45) is -4.87. The first-order chi connectivity index (χ1) is 13.6. The minimum Gasteiger partial charge on any atom is -0.374 e. The molecule has 13 heteroatoms. The minimum absolute atomic E-state index is 0.0517. The summed E-state index contributed by atoms with van der Waals surface area (Å²) < 4.78 is 44.9. The Kier molecular flexibility index (Phi) is 12.6. The number of nitrogens with zero attached hydrogens (tertiary/aromatic N) is 2. The van der Waals surface area contributed by atoms with Gasteiger partial charge >= 0.3 is 0 Å². The van der Waals surface area contributed by atoms with Crippen LogP contribution in [0, 0.1) is 20.2 Å². The lowest BCUT2D eigenvalue weighted by molar-refractivity contribution is -0.384. The van der Waals surface area contributed by atoms with E-state index in [1.165, 1.54) is 30.3 Å². The first kappa shape index (κ1) is 26.0. The van der Waals surface area contributed by atoms with Crippen LogP contribution in [0.3, 0.4) is 0 Å². The van der Waals surface area contributed by atoms with E-state index in [1.807, 2.05) is 0 Å². The second-order valence-electron chi connectivity index (χ2n) is 4.88. The molecule has 0 aliphatic rings. The van der Waals surface area contributed by atoms with Gasteiger partial charge in [-0.25, -0.2) is 17.6 Å². The SMILES string of the molecule is NCC(F)F.O=[N+]([O-])c1ccccc1Cl.O=[N+]([O-])c1ccccc1NCC(F)F. The smallest absolute Gasteiger partial charge is 0.292 e. The molecule has 0 unspecified atom stereocenters. The molecule has 0 saturated heterocycles. The van der Waals surface area contributed by atoms with Crippen LogP contribution in [0.4, 0.5) is 34.6 Å². The number of nitrogens with one attached hydrogen (secondary N) is 1. The molecule has 8 nitrogen and oxygen atoms in total. The summed E-state index contributed by atoms with van der Waals surface area (Å²) in [6.45, 7) is -1.12. The highest BCUT2D eigenvalue weighted by atomic mass is 35.5. The third-order valence-electron chi connectivity index (χ3n) is 2.77. The van der Waals surface area contributed by atoms with Gasteiger partial charge in [-0.05, 0) is 12.1 Å². The van der Waals surface area contributed by atoms with E-state index in [9.17, 15) is 37.8 Å². The number of nitrogens with two attached hydrogens (primary N) is 1. The number of nitro groups is 2. The summed E-state index contributed by atoms with van der Waals surface area (Å²) in [4.78, 5) is 19.5. The van der Waals surface area contributed by atoms with E-state index in [4.69, 9.17) is 11.6 Å². The Morgan fingerprint density at radius 1 is 0.897 bits per heavy atom. The van der Waals surface area contributed by atoms with Gasteiger partial charge in [0.2, 0.25) is 0 Å². The molecule has 0 aromatic heterocycles. The first-order valence-corrected chi connectivity index (χ1v) is 8.10. The van der Waals surface area contributed by atoms with E-state index >= 15 is 0 Å². The highest BCUT2D eigenvalue weighted by Gasteiger charge is 2.13. The topological polar surface area (TPSA) is 124 Å². The first-order valence-electron chi connectivity index (χ1n) is 7.72. The van der Waals surface area contributed by atoms with Crippen LogP contribution in [0.15, 0.2) is 48.5 Å². The van der Waals surface area contributed by atoms with Crippen LogP contribution in [-0.4, -0.2) is 35.8 Å². The van der Waals surface area contributed by atoms with Crippen molar-refractivity contribution in [3.63, 3.8) is 0 Å². The van der Waals surface area contributed by atoms with Crippen LogP contribution in [0.25, 0.3) is 0 Å². The van der Waals surface area contributed by atoms with Crippen LogP contribution in [0.5, 0.6) is 0 Å². The van der Waals surface area contributed by atoms with Gasteiger partial charge in [0, 0.05) is 12.1 Å². The summed E-state index contributed by atoms with van der Waals surface area (Å²) >= 11 is 5.48. The molecule has 0 aliphatic heterocycles. The van der Waals surface area contributed by atoms with Gasteiger partial charge in [-0.1, -0.05) is 35.9 Å². The van der Waals surface area contributed by atoms with Crippen molar-refractivity contribution < 1.29 is 27.4 Å². The zero-order valence-electron chi connectivity index (χ0n) is 14.7. The average molecular weight is 441 g/mol. The van der Waals surface area contributed by atoms with Crippen molar-refractivity contribution >= 4 is 28.7 Å². The third kappa shape index (κ3) is 11.4. The monoisotopic (exact) mass is 440 g/mol. The maximum atomic E-state index is 11.8. The van der Waals surface area contributed by atoms with E-state index in [2.05, 4.69) is 11.1 Å². The molecule has 0 fully saturated rings. The molecule has 0 heterocycles. The molecule has 0 aliphatic carbocycles. The largest absolute Gasteiger partial charge is 0.374 e. The molecule has 2 aromatic carbocycles. The van der Waals surface area contributed by atoms with Crippen LogP contribution in [0.2, 0.25) is 5.02 Å². The Morgan fingerprint density at radius 2 is 1.34 bits per heavy atom. The molecule has 0 spiro atoms. The van der Waals surface area contributed by atoms with Crippen molar-refractivity contribution in [2.75, 3.05) is 18.4 Å². The molecule has 2 rings (SSSR count). The minimum atomic E-state index is -2.53. The second kappa shape index (κ2) is 14.1. The van der Waals surface area contributed by atoms with Crippen molar-refractivity contribution in [2.24, 2.45) is 5.73 Å². The number of halogens is 5. The number of alkyl halides is 4. The number of nitro benzene ring substituents is 2. The molecule has 2 aromatic rings. The van der Waals surface area contributed by atoms with Crippen LogP contribution >= 0.6 is 11.6 Å². The number of hydrogen-bond donors (Lipinski definition) is 2. The Morgan fingerprint density at radius 3 is 1.72 bits per heavy atom. The predicted molar refractivity (Wildman–Crippen MR) is 101 cm³/mol. The van der Waals surface area contributed by atoms with Crippen LogP contribution in [-0.2, 0) is 0 Å². The van der Waals surface area contributed by atoms with E-state index < -0.39 is 35.8 Å². The van der Waals surface area contributed by atoms with Gasteiger partial charge in [0.15, 0.2) is 0 Å². The fourth-order valence-electron chi connectivity index (χ4n) is 1.57. The van der Waals surface area contributed by atoms with E-state index in [0.29, 0.717) is 0 Å². The highest BCUT2D eigenvalue weighted by molar-refractivity contribution is 6.32. The van der Waals surface area contributed by atoms with Gasteiger partial charge < -0.3 is 11.1 Å². The normalized spacial score (nSPS) is 9.79. The van der Waals surface area contributed by atoms with Crippen LogP contribution in [0.1, 0.15) is 0 Å². The van der Waals surface area contributed by atoms with Crippen molar-refractivity contribution in [2.45, 2.75) is 12.9 Å². The molecule has 0 atom stereocenters. The number of para-hydroxylation sites is 3. The van der Waals surface area contributed by atoms with E-state index in [0.717, 1.165) is 0 Å². The Bertz CT molecular complexity index is 784. The van der Waals surface area contributed by atoms with Gasteiger partial charge in [0.05, 0.1) is 22.9 Å². The summed E-state index contributed by atoms with van der Waals surface area (Å²) in [6, 6.07) is 11.7. The fraction of sp³-hybridized carbons (Fsp3) is 0.250. The molecule has 29 heavy (non-hydrogen) atoms. The summed E-state index contributed by atoms with van der Waals surface area (Å²) in [5.41, 5.74) is 4.28. The lowest BCUT2D eigenvalue weighted by Gasteiger charge is -2.05. The lowest BCUT2D eigenvalue weighted by Crippen LogP contribution is -2.11. The Balaban J connectivity index is 0.000000455. The van der Waals surface area contributed by atoms with Gasteiger partial charge in [0.1, 0.15) is 10.7 Å². The molecule has 0 amide bonds. The van der Waals surface area contributed by atoms with Crippen LogP contribution < -0.4 is 11.1 Å². The van der Waals surface area contributed by atoms with Gasteiger partial charge in [-0.2, -0.15) is 0 Å². The zero-order valence-corrected chi connectivity index (χ0v) is 15.4. The third-order valence-corrected chi connectivity index (χ3v) is 3.09. The molecule has 160 valence electrons. The molecular weight excluding hydrogens is 424 g/mol. The quantitative estimate of drug-likeness (QED) is 0.380. The van der Waals surface area contributed by atoms with Gasteiger partial charge in [0.25, 0.3) is 24.2 Å². The van der Waals surface area contributed by atoms with E-state index in [-0.39, 0.29) is 22.1 Å². The number of anilines is 1. The Hall–Kier alpha value is -2.99. The van der Waals surface area contributed by atoms with Crippen molar-refractivity contribution in [3.05, 3.63) is 73.8 Å². The number of rotatable bonds is 6. The maximum absolute atomic E-state index is 11.8. The fourth-order valence-corrected chi connectivity index (χ4v) is 1.77. The molecular formula is C16H17ClF4N4O4. The van der Waals surface area contributed by atoms with Crippen molar-refractivity contribution in [3.8, 4) is 0 Å². The lowest BCUT2D eigenvalue weighted by atomic mass is 10.2. The predicted octanol–water partition coefficient (Wildman–Crippen LogP) is 4.73. The molecule has 0 radical (unpaired) electrons. The standard InChI is InChI=1S/C8H8F2N2O2.C6H4ClNO2.C2H5F2N/c9-8(10)5-11-6-3-1-2-4-7(6)12(13)14;7-5-3-1-2-4-6(5)8(9)10;3-2(4)1-5/h1-4,8,11H,5H2;1-4H;2H,1,5H2. The van der Waals surface area contributed by atoms with E-state index in [1.54, 1.807) is 18.2 Å². The van der Waals surface area contributed by atoms with Crippen molar-refractivity contribution in [1.82, 2.24) is 0 Å². The number of benzene rings is 2. The van der Waals surface area contributed by atoms with Gasteiger partial charge in [-0.3, -0.25) is 20.2 Å². The summed E-state index contributed by atoms with van der Waals surface area (Å²) in [5, 5.41) is 23.1. The van der Waals surface area contributed by atoms with Gasteiger partial charge in [-0.15, -0.1) is 0 Å². The van der Waals surface area contributed by atoms with Crippen molar-refractivity contribution in [1.29, 1.82) is 0 Å². The summed E-state index contributed by atoms with van der Waals surface area (Å²) in [7, 11) is 0.